The molecule has 5 rings (SSSR count). The summed E-state index contributed by atoms with van der Waals surface area (Å²) in [6, 6.07) is 23.6. The monoisotopic (exact) mass is 401 g/mol. The molecule has 28 heavy (non-hydrogen) atoms. The van der Waals surface area contributed by atoms with Crippen LogP contribution in [-0.4, -0.2) is 15.1 Å². The number of aromatic hydroxyl groups is 1. The predicted molar refractivity (Wildman–Crippen MR) is 116 cm³/mol. The lowest BCUT2D eigenvalue weighted by Crippen LogP contribution is -2.00. The van der Waals surface area contributed by atoms with Crippen LogP contribution in [0.4, 0.5) is 11.4 Å². The van der Waals surface area contributed by atoms with E-state index in [2.05, 4.69) is 45.6 Å². The highest BCUT2D eigenvalue weighted by molar-refractivity contribution is 7.99. The molecule has 2 heterocycles. The maximum atomic E-state index is 9.52. The Hall–Kier alpha value is -3.09. The van der Waals surface area contributed by atoms with Crippen molar-refractivity contribution in [3.05, 3.63) is 77.6 Å². The summed E-state index contributed by atoms with van der Waals surface area (Å²) in [5.41, 5.74) is 5.77. The Kier molecular flexibility index (Phi) is 4.15. The van der Waals surface area contributed by atoms with Crippen LogP contribution in [0, 0.1) is 4.77 Å². The fourth-order valence-electron chi connectivity index (χ4n) is 3.20. The van der Waals surface area contributed by atoms with E-state index in [1.54, 1.807) is 23.9 Å². The third kappa shape index (κ3) is 3.17. The lowest BCUT2D eigenvalue weighted by Gasteiger charge is -2.21. The Morgan fingerprint density at radius 2 is 1.57 bits per heavy atom. The quantitative estimate of drug-likeness (QED) is 0.299. The zero-order chi connectivity index (χ0) is 19.1. The van der Waals surface area contributed by atoms with Gasteiger partial charge in [-0.15, -0.1) is 0 Å². The molecule has 3 aromatic carbocycles. The number of hydrogen-bond acceptors (Lipinski definition) is 5. The summed E-state index contributed by atoms with van der Waals surface area (Å²) in [6.07, 6.45) is 0. The number of nitrogens with one attached hydrogen (secondary N) is 2. The number of phenolic OH excluding ortho intramolecular Hbond substituents is 1. The summed E-state index contributed by atoms with van der Waals surface area (Å²) in [5, 5.41) is 13.0. The fourth-order valence-corrected chi connectivity index (χ4v) is 4.38. The standard InChI is InChI=1S/C22H15N3OS2/c26-15-8-5-13(6-9-15)17-12-18(25-22(27)24-17)14-7-10-21-19(11-14)23-16-3-1-2-4-20(16)28-21/h1-12,23,26H,(H,24,25,27). The van der Waals surface area contributed by atoms with Gasteiger partial charge in [0.15, 0.2) is 4.77 Å². The minimum Gasteiger partial charge on any atom is -0.508 e. The molecule has 6 heteroatoms. The number of H-pyrrole nitrogens is 1. The second-order valence-electron chi connectivity index (χ2n) is 6.47. The maximum absolute atomic E-state index is 9.52. The number of nitrogens with zero attached hydrogens (tertiary/aromatic N) is 1. The number of fused-ring (bicyclic) bond motifs is 2. The molecule has 1 aliphatic rings. The van der Waals surface area contributed by atoms with Gasteiger partial charge in [0, 0.05) is 21.0 Å². The van der Waals surface area contributed by atoms with E-state index in [4.69, 9.17) is 12.2 Å². The molecule has 4 aromatic rings. The summed E-state index contributed by atoms with van der Waals surface area (Å²) in [6.45, 7) is 0. The van der Waals surface area contributed by atoms with Crippen molar-refractivity contribution >= 4 is 35.4 Å². The van der Waals surface area contributed by atoms with Gasteiger partial charge in [-0.05, 0) is 72.4 Å². The summed E-state index contributed by atoms with van der Waals surface area (Å²) in [5.74, 6) is 0.232. The summed E-state index contributed by atoms with van der Waals surface area (Å²) in [4.78, 5) is 10.0. The number of anilines is 2. The average molecular weight is 402 g/mol. The number of hydrogen-bond donors (Lipinski definition) is 3. The van der Waals surface area contributed by atoms with Crippen LogP contribution in [-0.2, 0) is 0 Å². The van der Waals surface area contributed by atoms with Crippen LogP contribution in [0.25, 0.3) is 22.5 Å². The minimum atomic E-state index is 0.232. The molecule has 0 saturated carbocycles. The maximum Gasteiger partial charge on any atom is 0.197 e. The van der Waals surface area contributed by atoms with Crippen molar-refractivity contribution in [3.63, 3.8) is 0 Å². The molecular formula is C22H15N3OS2. The van der Waals surface area contributed by atoms with Crippen LogP contribution in [0.2, 0.25) is 0 Å². The van der Waals surface area contributed by atoms with Crippen LogP contribution in [0.5, 0.6) is 5.75 Å². The molecular weight excluding hydrogens is 386 g/mol. The van der Waals surface area contributed by atoms with Crippen molar-refractivity contribution in [1.82, 2.24) is 9.97 Å². The number of benzene rings is 3. The van der Waals surface area contributed by atoms with Crippen molar-refractivity contribution in [2.24, 2.45) is 0 Å². The van der Waals surface area contributed by atoms with Gasteiger partial charge >= 0.3 is 0 Å². The van der Waals surface area contributed by atoms with Crippen molar-refractivity contribution < 1.29 is 5.11 Å². The third-order valence-electron chi connectivity index (χ3n) is 4.57. The number of phenols is 1. The lowest BCUT2D eigenvalue weighted by atomic mass is 10.1. The second kappa shape index (κ2) is 6.82. The van der Waals surface area contributed by atoms with Crippen LogP contribution in [0.1, 0.15) is 0 Å². The van der Waals surface area contributed by atoms with Crippen LogP contribution in [0.15, 0.2) is 82.6 Å². The smallest absolute Gasteiger partial charge is 0.197 e. The Balaban J connectivity index is 1.56. The predicted octanol–water partition coefficient (Wildman–Crippen LogP) is 6.39. The van der Waals surface area contributed by atoms with Gasteiger partial charge in [-0.2, -0.15) is 0 Å². The number of para-hydroxylation sites is 1. The molecule has 1 aliphatic heterocycles. The molecule has 3 N–H and O–H groups in total. The molecule has 0 unspecified atom stereocenters. The Bertz CT molecular complexity index is 1250. The van der Waals surface area contributed by atoms with Gasteiger partial charge in [0.25, 0.3) is 0 Å². The summed E-state index contributed by atoms with van der Waals surface area (Å²) in [7, 11) is 0. The van der Waals surface area contributed by atoms with Gasteiger partial charge in [0.05, 0.1) is 17.1 Å². The Labute approximate surface area is 171 Å². The highest BCUT2D eigenvalue weighted by atomic mass is 32.2. The normalized spacial score (nSPS) is 12.0. The molecule has 0 amide bonds. The van der Waals surface area contributed by atoms with Crippen molar-refractivity contribution in [2.75, 3.05) is 5.32 Å². The largest absolute Gasteiger partial charge is 0.508 e. The van der Waals surface area contributed by atoms with Crippen LogP contribution >= 0.6 is 24.0 Å². The molecule has 0 saturated heterocycles. The average Bonchev–Trinajstić information content (AvgIpc) is 2.72. The van der Waals surface area contributed by atoms with Crippen molar-refractivity contribution in [2.45, 2.75) is 9.79 Å². The van der Waals surface area contributed by atoms with Gasteiger partial charge in [-0.3, -0.25) is 0 Å². The molecule has 136 valence electrons. The third-order valence-corrected chi connectivity index (χ3v) is 5.92. The van der Waals surface area contributed by atoms with Gasteiger partial charge < -0.3 is 15.4 Å². The molecule has 1 aromatic heterocycles. The molecule has 0 radical (unpaired) electrons. The first-order chi connectivity index (χ1) is 13.7. The Morgan fingerprint density at radius 1 is 0.821 bits per heavy atom. The number of rotatable bonds is 2. The number of aromatic nitrogens is 2. The highest BCUT2D eigenvalue weighted by Gasteiger charge is 2.16. The minimum absolute atomic E-state index is 0.232. The molecule has 0 fully saturated rings. The first-order valence-electron chi connectivity index (χ1n) is 8.75. The van der Waals surface area contributed by atoms with E-state index in [0.29, 0.717) is 4.77 Å². The first kappa shape index (κ1) is 17.0. The number of aromatic amines is 1. The summed E-state index contributed by atoms with van der Waals surface area (Å²) >= 11 is 7.11. The van der Waals surface area contributed by atoms with E-state index in [1.165, 1.54) is 9.79 Å². The van der Waals surface area contributed by atoms with Gasteiger partial charge in [0.2, 0.25) is 0 Å². The van der Waals surface area contributed by atoms with Gasteiger partial charge in [-0.1, -0.05) is 30.0 Å². The van der Waals surface area contributed by atoms with E-state index < -0.39 is 0 Å². The topological polar surface area (TPSA) is 60.9 Å². The Morgan fingerprint density at radius 3 is 2.43 bits per heavy atom. The zero-order valence-corrected chi connectivity index (χ0v) is 16.3. The highest BCUT2D eigenvalue weighted by Crippen LogP contribution is 2.45. The van der Waals surface area contributed by atoms with E-state index in [0.717, 1.165) is 33.9 Å². The lowest BCUT2D eigenvalue weighted by molar-refractivity contribution is 0.475. The molecule has 0 spiro atoms. The molecule has 0 aliphatic carbocycles. The summed E-state index contributed by atoms with van der Waals surface area (Å²) < 4.78 is 0.422. The van der Waals surface area contributed by atoms with Crippen LogP contribution < -0.4 is 5.32 Å². The van der Waals surface area contributed by atoms with Crippen molar-refractivity contribution in [3.8, 4) is 28.3 Å². The van der Waals surface area contributed by atoms with E-state index >= 15 is 0 Å². The van der Waals surface area contributed by atoms with Gasteiger partial charge in [-0.25, -0.2) is 4.98 Å². The van der Waals surface area contributed by atoms with E-state index in [-0.39, 0.29) is 5.75 Å². The van der Waals surface area contributed by atoms with Crippen LogP contribution in [0.3, 0.4) is 0 Å². The first-order valence-corrected chi connectivity index (χ1v) is 9.97. The fraction of sp³-hybridized carbons (Fsp3) is 0. The molecule has 0 atom stereocenters. The molecule has 0 bridgehead atoms. The van der Waals surface area contributed by atoms with E-state index in [9.17, 15) is 5.11 Å². The SMILES string of the molecule is Oc1ccc(-c2cc(-c3ccc4c(c3)Nc3ccccc3S4)nc(=S)[nH]2)cc1. The van der Waals surface area contributed by atoms with E-state index in [1.807, 2.05) is 30.3 Å². The second-order valence-corrected chi connectivity index (χ2v) is 7.94. The molecule has 4 nitrogen and oxygen atoms in total. The van der Waals surface area contributed by atoms with Gasteiger partial charge in [0.1, 0.15) is 5.75 Å². The zero-order valence-electron chi connectivity index (χ0n) is 14.6. The van der Waals surface area contributed by atoms with Crippen molar-refractivity contribution in [1.29, 1.82) is 0 Å².